The second-order valence-electron chi connectivity index (χ2n) is 4.32. The highest BCUT2D eigenvalue weighted by atomic mass is 32.2. The summed E-state index contributed by atoms with van der Waals surface area (Å²) in [5.41, 5.74) is 0. The first-order valence-corrected chi connectivity index (χ1v) is 10.1. The molecule has 6 heteroatoms. The van der Waals surface area contributed by atoms with Crippen molar-refractivity contribution < 1.29 is 4.21 Å². The van der Waals surface area contributed by atoms with Gasteiger partial charge in [0.2, 0.25) is 0 Å². The molecule has 0 radical (unpaired) electrons. The summed E-state index contributed by atoms with van der Waals surface area (Å²) < 4.78 is 17.9. The van der Waals surface area contributed by atoms with Gasteiger partial charge in [-0.3, -0.25) is 0 Å². The van der Waals surface area contributed by atoms with Gasteiger partial charge in [-0.25, -0.2) is 8.57 Å². The maximum atomic E-state index is 13.3. The number of rotatable bonds is 7. The molecule has 0 amide bonds. The van der Waals surface area contributed by atoms with Gasteiger partial charge in [-0.1, -0.05) is 13.8 Å². The molecular weight excluding hydrogens is 308 g/mol. The molecule has 0 fully saturated rings. The second-order valence-corrected chi connectivity index (χ2v) is 8.14. The lowest BCUT2D eigenvalue weighted by molar-refractivity contribution is 0.313. The zero-order chi connectivity index (χ0) is 14.4. The van der Waals surface area contributed by atoms with Crippen LogP contribution in [0.4, 0.5) is 0 Å². The van der Waals surface area contributed by atoms with Crippen LogP contribution in [0.5, 0.6) is 0 Å². The summed E-state index contributed by atoms with van der Waals surface area (Å²) in [5, 5.41) is 7.81. The minimum absolute atomic E-state index is 0.603. The molecule has 0 spiro atoms. The summed E-state index contributed by atoms with van der Waals surface area (Å²) in [5.74, 6) is 0. The molecule has 0 saturated heterocycles. The highest BCUT2D eigenvalue weighted by molar-refractivity contribution is 7.94. The topological polar surface area (TPSA) is 32.7 Å². The first-order valence-electron chi connectivity index (χ1n) is 6.70. The van der Waals surface area contributed by atoms with E-state index in [0.29, 0.717) is 6.54 Å². The summed E-state index contributed by atoms with van der Waals surface area (Å²) in [4.78, 5) is 3.96. The Labute approximate surface area is 129 Å². The van der Waals surface area contributed by atoms with Gasteiger partial charge in [-0.2, -0.15) is 22.7 Å². The molecule has 0 aliphatic carbocycles. The summed E-state index contributed by atoms with van der Waals surface area (Å²) in [6.45, 7) is 7.75. The van der Waals surface area contributed by atoms with Gasteiger partial charge in [0.1, 0.15) is 9.73 Å². The maximum absolute atomic E-state index is 13.3. The third kappa shape index (κ3) is 3.49. The van der Waals surface area contributed by atoms with Gasteiger partial charge in [-0.05, 0) is 36.0 Å². The van der Waals surface area contributed by atoms with Crippen LogP contribution in [0.15, 0.2) is 47.8 Å². The van der Waals surface area contributed by atoms with Gasteiger partial charge in [0.05, 0.1) is 16.3 Å². The number of nitrogens with zero attached hydrogens (tertiary/aromatic N) is 2. The lowest BCUT2D eigenvalue weighted by Crippen LogP contribution is -2.26. The fourth-order valence-corrected chi connectivity index (χ4v) is 5.95. The summed E-state index contributed by atoms with van der Waals surface area (Å²) >= 11 is 3.13. The molecule has 2 heterocycles. The Morgan fingerprint density at radius 3 is 2.05 bits per heavy atom. The van der Waals surface area contributed by atoms with Crippen molar-refractivity contribution in [2.45, 2.75) is 23.6 Å². The molecule has 0 aromatic carbocycles. The molecule has 0 atom stereocenters. The number of hydrogen-bond acceptors (Lipinski definition) is 5. The highest BCUT2D eigenvalue weighted by Gasteiger charge is 2.16. The zero-order valence-electron chi connectivity index (χ0n) is 11.8. The molecule has 0 bridgehead atoms. The predicted molar refractivity (Wildman–Crippen MR) is 88.4 cm³/mol. The third-order valence-electron chi connectivity index (χ3n) is 3.21. The van der Waals surface area contributed by atoms with E-state index in [1.807, 2.05) is 33.7 Å². The summed E-state index contributed by atoms with van der Waals surface area (Å²) in [7, 11) is -2.45. The monoisotopic (exact) mass is 328 g/mol. The van der Waals surface area contributed by atoms with E-state index in [1.54, 1.807) is 22.7 Å². The third-order valence-corrected chi connectivity index (χ3v) is 7.21. The van der Waals surface area contributed by atoms with E-state index in [-0.39, 0.29) is 0 Å². The van der Waals surface area contributed by atoms with Crippen molar-refractivity contribution in [3.8, 4) is 0 Å². The fraction of sp³-hybridized carbons (Fsp3) is 0.429. The molecule has 0 aliphatic heterocycles. The molecule has 3 nitrogen and oxygen atoms in total. The van der Waals surface area contributed by atoms with Crippen molar-refractivity contribution in [3.63, 3.8) is 0 Å². The Kier molecular flexibility index (Phi) is 5.77. The maximum Gasteiger partial charge on any atom is 0.105 e. The molecule has 0 N–H and O–H groups in total. The summed E-state index contributed by atoms with van der Waals surface area (Å²) in [6, 6.07) is 3.84. The van der Waals surface area contributed by atoms with Crippen LogP contribution in [0.2, 0.25) is 0 Å². The molecule has 20 heavy (non-hydrogen) atoms. The lowest BCUT2D eigenvalue weighted by Gasteiger charge is -2.16. The second kappa shape index (κ2) is 7.36. The number of hydrogen-bond donors (Lipinski definition) is 0. The van der Waals surface area contributed by atoms with Crippen LogP contribution in [0.3, 0.4) is 0 Å². The van der Waals surface area contributed by atoms with Gasteiger partial charge in [-0.15, -0.1) is 0 Å². The van der Waals surface area contributed by atoms with Crippen LogP contribution >= 0.6 is 22.7 Å². The quantitative estimate of drug-likeness (QED) is 0.768. The van der Waals surface area contributed by atoms with Gasteiger partial charge in [0.15, 0.2) is 0 Å². The van der Waals surface area contributed by atoms with Gasteiger partial charge >= 0.3 is 0 Å². The average Bonchev–Trinajstić information content (AvgIpc) is 3.16. The predicted octanol–water partition coefficient (Wildman–Crippen LogP) is 4.04. The van der Waals surface area contributed by atoms with E-state index in [0.717, 1.165) is 29.4 Å². The Bertz CT molecular complexity index is 567. The van der Waals surface area contributed by atoms with Crippen LogP contribution in [0.1, 0.15) is 13.8 Å². The Morgan fingerprint density at radius 2 is 1.65 bits per heavy atom. The Morgan fingerprint density at radius 1 is 1.10 bits per heavy atom. The van der Waals surface area contributed by atoms with E-state index in [1.165, 1.54) is 0 Å². The molecule has 2 rings (SSSR count). The van der Waals surface area contributed by atoms with Crippen molar-refractivity contribution in [1.29, 1.82) is 0 Å². The standard InChI is InChI=1S/C14H20N2OS3/c1-3-16(4-2)8-7-15-20(17,13-5-9-18-11-13)14-6-10-19-12-14/h5-6,9-12H,3-4,7-8H2,1-2H3. The van der Waals surface area contributed by atoms with E-state index in [2.05, 4.69) is 23.1 Å². The minimum Gasteiger partial charge on any atom is -0.302 e. The van der Waals surface area contributed by atoms with Gasteiger partial charge in [0, 0.05) is 17.3 Å². The van der Waals surface area contributed by atoms with Crippen molar-refractivity contribution >= 4 is 32.4 Å². The molecule has 2 aromatic heterocycles. The van der Waals surface area contributed by atoms with Crippen LogP contribution in [-0.2, 0) is 9.73 Å². The largest absolute Gasteiger partial charge is 0.302 e. The van der Waals surface area contributed by atoms with Crippen LogP contribution in [0, 0.1) is 0 Å². The Hall–Kier alpha value is -0.690. The van der Waals surface area contributed by atoms with E-state index < -0.39 is 9.73 Å². The SMILES string of the molecule is CCN(CC)CCN=S(=O)(c1ccsc1)c1ccsc1. The molecule has 2 aromatic rings. The normalized spacial score (nSPS) is 11.9. The van der Waals surface area contributed by atoms with Crippen molar-refractivity contribution in [1.82, 2.24) is 4.90 Å². The van der Waals surface area contributed by atoms with Crippen LogP contribution < -0.4 is 0 Å². The van der Waals surface area contributed by atoms with Gasteiger partial charge in [0.25, 0.3) is 0 Å². The molecule has 0 aliphatic rings. The molecular formula is C14H20N2OS3. The van der Waals surface area contributed by atoms with Gasteiger partial charge < -0.3 is 4.90 Å². The smallest absolute Gasteiger partial charge is 0.105 e. The summed E-state index contributed by atoms with van der Waals surface area (Å²) in [6.07, 6.45) is 0. The first-order chi connectivity index (χ1) is 9.70. The van der Waals surface area contributed by atoms with E-state index in [4.69, 9.17) is 0 Å². The fourth-order valence-electron chi connectivity index (χ4n) is 1.95. The van der Waals surface area contributed by atoms with E-state index >= 15 is 0 Å². The van der Waals surface area contributed by atoms with Crippen molar-refractivity contribution in [2.75, 3.05) is 26.2 Å². The number of likely N-dealkylation sites (N-methyl/N-ethyl adjacent to an activating group) is 1. The first kappa shape index (κ1) is 15.7. The molecule has 0 saturated carbocycles. The van der Waals surface area contributed by atoms with E-state index in [9.17, 15) is 4.21 Å². The van der Waals surface area contributed by atoms with Crippen LogP contribution in [0.25, 0.3) is 0 Å². The van der Waals surface area contributed by atoms with Crippen molar-refractivity contribution in [2.24, 2.45) is 4.36 Å². The lowest BCUT2D eigenvalue weighted by atomic mass is 10.5. The van der Waals surface area contributed by atoms with Crippen LogP contribution in [-0.4, -0.2) is 35.3 Å². The average molecular weight is 329 g/mol. The zero-order valence-corrected chi connectivity index (χ0v) is 14.3. The number of thiophene rings is 2. The minimum atomic E-state index is -2.45. The molecule has 110 valence electrons. The highest BCUT2D eigenvalue weighted by Crippen LogP contribution is 2.27. The van der Waals surface area contributed by atoms with Crippen molar-refractivity contribution in [3.05, 3.63) is 33.7 Å². The Balaban J connectivity index is 2.27. The molecule has 0 unspecified atom stereocenters.